The fraction of sp³-hybridized carbons (Fsp3) is 0.0435. The fourth-order valence-corrected chi connectivity index (χ4v) is 3.92. The van der Waals surface area contributed by atoms with Crippen molar-refractivity contribution in [1.29, 1.82) is 0 Å². The molecule has 2 N–H and O–H groups in total. The van der Waals surface area contributed by atoms with Crippen molar-refractivity contribution in [3.63, 3.8) is 0 Å². The maximum atomic E-state index is 10.9. The molecule has 1 heterocycles. The predicted octanol–water partition coefficient (Wildman–Crippen LogP) is 5.85. The molecule has 0 saturated carbocycles. The summed E-state index contributed by atoms with van der Waals surface area (Å²) in [5.74, 6) is -0.0967. The Morgan fingerprint density at radius 1 is 1.06 bits per heavy atom. The Kier molecular flexibility index (Phi) is 5.72. The van der Waals surface area contributed by atoms with Gasteiger partial charge in [-0.2, -0.15) is 5.10 Å². The molecule has 31 heavy (non-hydrogen) atoms. The van der Waals surface area contributed by atoms with Crippen LogP contribution in [0.2, 0.25) is 0 Å². The topological polar surface area (TPSA) is 101 Å². The van der Waals surface area contributed by atoms with Gasteiger partial charge in [-0.15, -0.1) is 0 Å². The number of nitrogens with one attached hydrogen (secondary N) is 1. The van der Waals surface area contributed by atoms with E-state index in [9.17, 15) is 15.2 Å². The second-order valence-electron chi connectivity index (χ2n) is 6.80. The molecule has 7 nitrogen and oxygen atoms in total. The van der Waals surface area contributed by atoms with Gasteiger partial charge in [0.15, 0.2) is 0 Å². The highest BCUT2D eigenvalue weighted by Gasteiger charge is 2.15. The highest BCUT2D eigenvalue weighted by atomic mass is 32.1. The van der Waals surface area contributed by atoms with Crippen molar-refractivity contribution in [3.05, 3.63) is 94.0 Å². The van der Waals surface area contributed by atoms with Crippen molar-refractivity contribution in [2.75, 3.05) is 5.43 Å². The molecule has 0 saturated heterocycles. The molecule has 0 amide bonds. The molecule has 0 atom stereocenters. The van der Waals surface area contributed by atoms with Crippen molar-refractivity contribution in [1.82, 2.24) is 4.98 Å². The Hall–Kier alpha value is -4.04. The van der Waals surface area contributed by atoms with Gasteiger partial charge in [0.1, 0.15) is 5.75 Å². The van der Waals surface area contributed by atoms with Crippen molar-refractivity contribution < 1.29 is 10.0 Å². The summed E-state index contributed by atoms with van der Waals surface area (Å²) in [6, 6.07) is 21.9. The summed E-state index contributed by atoms with van der Waals surface area (Å²) < 4.78 is 0. The molecule has 0 fully saturated rings. The highest BCUT2D eigenvalue weighted by Crippen LogP contribution is 2.39. The molecule has 0 spiro atoms. The number of phenolic OH excluding ortho intramolecular Hbond substituents is 1. The quantitative estimate of drug-likeness (QED) is 0.227. The van der Waals surface area contributed by atoms with Crippen LogP contribution in [0.15, 0.2) is 77.9 Å². The van der Waals surface area contributed by atoms with E-state index >= 15 is 0 Å². The number of hydrazone groups is 1. The van der Waals surface area contributed by atoms with Gasteiger partial charge in [0.2, 0.25) is 5.13 Å². The second kappa shape index (κ2) is 8.76. The molecule has 154 valence electrons. The number of thiazole rings is 1. The number of rotatable bonds is 6. The molecule has 4 rings (SSSR count). The predicted molar refractivity (Wildman–Crippen MR) is 124 cm³/mol. The molecule has 8 heteroatoms. The number of anilines is 1. The first-order chi connectivity index (χ1) is 15.0. The monoisotopic (exact) mass is 430 g/mol. The van der Waals surface area contributed by atoms with Gasteiger partial charge in [0, 0.05) is 23.3 Å². The lowest BCUT2D eigenvalue weighted by Crippen LogP contribution is -1.93. The van der Waals surface area contributed by atoms with Gasteiger partial charge >= 0.3 is 0 Å². The number of nitro benzene ring substituents is 1. The Morgan fingerprint density at radius 2 is 1.81 bits per heavy atom. The maximum absolute atomic E-state index is 10.9. The second-order valence-corrected chi connectivity index (χ2v) is 7.80. The average Bonchev–Trinajstić information content (AvgIpc) is 3.20. The first-order valence-electron chi connectivity index (χ1n) is 9.41. The number of hydrogen-bond donors (Lipinski definition) is 2. The van der Waals surface area contributed by atoms with E-state index in [-0.39, 0.29) is 17.0 Å². The molecule has 0 aliphatic heterocycles. The summed E-state index contributed by atoms with van der Waals surface area (Å²) in [7, 11) is 0. The zero-order valence-corrected chi connectivity index (χ0v) is 17.3. The van der Waals surface area contributed by atoms with Crippen LogP contribution in [0.3, 0.4) is 0 Å². The van der Waals surface area contributed by atoms with Crippen LogP contribution in [0.25, 0.3) is 21.7 Å². The number of aromatic hydroxyl groups is 1. The lowest BCUT2D eigenvalue weighted by molar-refractivity contribution is -0.384. The number of phenols is 1. The first kappa shape index (κ1) is 20.2. The third kappa shape index (κ3) is 4.59. The number of aryl methyl sites for hydroxylation is 1. The van der Waals surface area contributed by atoms with E-state index in [1.807, 2.05) is 61.5 Å². The van der Waals surface area contributed by atoms with Crippen molar-refractivity contribution in [2.45, 2.75) is 6.92 Å². The van der Waals surface area contributed by atoms with Gasteiger partial charge in [0.25, 0.3) is 5.69 Å². The van der Waals surface area contributed by atoms with Gasteiger partial charge < -0.3 is 5.11 Å². The number of aromatic nitrogens is 1. The minimum Gasteiger partial charge on any atom is -0.507 e. The number of nitrogens with zero attached hydrogens (tertiary/aromatic N) is 3. The van der Waals surface area contributed by atoms with Gasteiger partial charge in [-0.1, -0.05) is 71.5 Å². The zero-order chi connectivity index (χ0) is 21.8. The van der Waals surface area contributed by atoms with E-state index < -0.39 is 4.92 Å². The van der Waals surface area contributed by atoms with Crippen LogP contribution in [0.4, 0.5) is 10.8 Å². The Bertz CT molecular complexity index is 1250. The number of benzene rings is 3. The van der Waals surface area contributed by atoms with Gasteiger partial charge in [0.05, 0.1) is 21.7 Å². The normalized spacial score (nSPS) is 11.0. The van der Waals surface area contributed by atoms with E-state index in [1.165, 1.54) is 41.3 Å². The number of non-ortho nitro benzene ring substituents is 1. The molecule has 1 aromatic heterocycles. The van der Waals surface area contributed by atoms with Crippen molar-refractivity contribution in [3.8, 4) is 27.4 Å². The van der Waals surface area contributed by atoms with Gasteiger partial charge in [-0.3, -0.25) is 15.5 Å². The van der Waals surface area contributed by atoms with Crippen LogP contribution in [-0.2, 0) is 0 Å². The summed E-state index contributed by atoms with van der Waals surface area (Å²) in [5.41, 5.74) is 7.04. The van der Waals surface area contributed by atoms with Crippen molar-refractivity contribution in [2.24, 2.45) is 5.10 Å². The molecule has 0 aliphatic rings. The molecule has 3 aromatic carbocycles. The average molecular weight is 430 g/mol. The minimum absolute atomic E-state index is 0.0967. The summed E-state index contributed by atoms with van der Waals surface area (Å²) in [6.07, 6.45) is 1.33. The molecule has 0 bridgehead atoms. The lowest BCUT2D eigenvalue weighted by atomic mass is 10.1. The van der Waals surface area contributed by atoms with Crippen LogP contribution in [0.1, 0.15) is 11.1 Å². The Balaban J connectivity index is 1.65. The van der Waals surface area contributed by atoms with Crippen molar-refractivity contribution >= 4 is 28.4 Å². The minimum atomic E-state index is -0.523. The Morgan fingerprint density at radius 3 is 2.52 bits per heavy atom. The highest BCUT2D eigenvalue weighted by molar-refractivity contribution is 7.19. The SMILES string of the molecule is Cc1ccc(-c2nc(N/N=C\c3cc([N+](=O)[O-])ccc3O)sc2-c2ccccc2)cc1. The largest absolute Gasteiger partial charge is 0.507 e. The molecular formula is C23H18N4O3S. The van der Waals surface area contributed by atoms with Gasteiger partial charge in [-0.05, 0) is 18.6 Å². The maximum Gasteiger partial charge on any atom is 0.270 e. The first-order valence-corrected chi connectivity index (χ1v) is 10.2. The molecule has 0 radical (unpaired) electrons. The van der Waals surface area contributed by atoms with Gasteiger partial charge in [-0.25, -0.2) is 4.98 Å². The summed E-state index contributed by atoms with van der Waals surface area (Å²) in [4.78, 5) is 16.1. The standard InChI is InChI=1S/C23H18N4O3S/c1-15-7-9-16(10-8-15)21-22(17-5-3-2-4-6-17)31-23(25-21)26-24-14-18-13-19(27(29)30)11-12-20(18)28/h2-14,28H,1H3,(H,25,26)/b24-14-. The summed E-state index contributed by atoms with van der Waals surface area (Å²) in [5, 5.41) is 25.6. The molecular weight excluding hydrogens is 412 g/mol. The third-order valence-corrected chi connectivity index (χ3v) is 5.58. The van der Waals surface area contributed by atoms with Crippen LogP contribution >= 0.6 is 11.3 Å². The molecule has 4 aromatic rings. The summed E-state index contributed by atoms with van der Waals surface area (Å²) in [6.45, 7) is 2.04. The fourth-order valence-electron chi connectivity index (χ4n) is 2.98. The van der Waals surface area contributed by atoms with E-state index in [4.69, 9.17) is 4.98 Å². The number of nitro groups is 1. The third-order valence-electron chi connectivity index (χ3n) is 4.57. The van der Waals surface area contributed by atoms with E-state index in [2.05, 4.69) is 10.5 Å². The van der Waals surface area contributed by atoms with Crippen LogP contribution in [0, 0.1) is 17.0 Å². The molecule has 0 aliphatic carbocycles. The smallest absolute Gasteiger partial charge is 0.270 e. The number of hydrogen-bond acceptors (Lipinski definition) is 7. The van der Waals surface area contributed by atoms with E-state index in [0.717, 1.165) is 21.7 Å². The van der Waals surface area contributed by atoms with Crippen LogP contribution < -0.4 is 5.43 Å². The van der Waals surface area contributed by atoms with E-state index in [1.54, 1.807) is 0 Å². The Labute approximate surface area is 182 Å². The zero-order valence-electron chi connectivity index (χ0n) is 16.5. The van der Waals surface area contributed by atoms with Crippen LogP contribution in [-0.4, -0.2) is 21.2 Å². The van der Waals surface area contributed by atoms with E-state index in [0.29, 0.717) is 5.13 Å². The summed E-state index contributed by atoms with van der Waals surface area (Å²) >= 11 is 1.45. The lowest BCUT2D eigenvalue weighted by Gasteiger charge is -2.03. The molecule has 0 unspecified atom stereocenters. The van der Waals surface area contributed by atoms with Crippen LogP contribution in [0.5, 0.6) is 5.75 Å².